The van der Waals surface area contributed by atoms with E-state index >= 15 is 0 Å². The first-order valence-electron chi connectivity index (χ1n) is 16.6. The van der Waals surface area contributed by atoms with E-state index in [-0.39, 0.29) is 6.17 Å². The van der Waals surface area contributed by atoms with Crippen LogP contribution in [0.2, 0.25) is 0 Å². The topological polar surface area (TPSA) is 24.5 Å². The summed E-state index contributed by atoms with van der Waals surface area (Å²) >= 11 is 0. The van der Waals surface area contributed by atoms with E-state index in [4.69, 9.17) is 4.74 Å². The second-order valence-electron chi connectivity index (χ2n) is 13.2. The summed E-state index contributed by atoms with van der Waals surface area (Å²) in [5.41, 5.74) is 17.7. The molecular formula is C44H30N2O. The fourth-order valence-electron chi connectivity index (χ4n) is 9.15. The first kappa shape index (κ1) is 25.4. The molecule has 3 heterocycles. The highest BCUT2D eigenvalue weighted by Gasteiger charge is 2.51. The van der Waals surface area contributed by atoms with Gasteiger partial charge in [-0.05, 0) is 87.7 Å². The van der Waals surface area contributed by atoms with Gasteiger partial charge in [-0.25, -0.2) is 0 Å². The monoisotopic (exact) mass is 602 g/mol. The van der Waals surface area contributed by atoms with Crippen LogP contribution < -0.4 is 15.0 Å². The summed E-state index contributed by atoms with van der Waals surface area (Å²) in [6, 6.07) is 51.0. The van der Waals surface area contributed by atoms with Crippen molar-refractivity contribution in [3.8, 4) is 22.6 Å². The maximum absolute atomic E-state index is 6.83. The van der Waals surface area contributed by atoms with Gasteiger partial charge in [-0.3, -0.25) is 0 Å². The Balaban J connectivity index is 1.09. The summed E-state index contributed by atoms with van der Waals surface area (Å²) in [4.78, 5) is 2.48. The highest BCUT2D eigenvalue weighted by Crippen LogP contribution is 2.62. The Bertz CT molecular complexity index is 2350. The molecule has 2 aliphatic carbocycles. The molecule has 0 saturated heterocycles. The lowest BCUT2D eigenvalue weighted by Gasteiger charge is -2.40. The molecule has 0 fully saturated rings. The molecule has 0 radical (unpaired) electrons. The van der Waals surface area contributed by atoms with E-state index in [0.717, 1.165) is 24.3 Å². The normalized spacial score (nSPS) is 18.3. The van der Waals surface area contributed by atoms with Crippen molar-refractivity contribution in [2.45, 2.75) is 24.4 Å². The molecule has 0 bridgehead atoms. The Morgan fingerprint density at radius 2 is 1.21 bits per heavy atom. The van der Waals surface area contributed by atoms with Gasteiger partial charge < -0.3 is 15.0 Å². The van der Waals surface area contributed by atoms with E-state index in [0.29, 0.717) is 0 Å². The zero-order chi connectivity index (χ0) is 30.7. The van der Waals surface area contributed by atoms with Crippen molar-refractivity contribution >= 4 is 28.2 Å². The smallest absolute Gasteiger partial charge is 0.132 e. The van der Waals surface area contributed by atoms with Gasteiger partial charge in [0.2, 0.25) is 0 Å². The van der Waals surface area contributed by atoms with Crippen LogP contribution in [-0.4, -0.2) is 6.17 Å². The number of ether oxygens (including phenoxy) is 1. The average Bonchev–Trinajstić information content (AvgIpc) is 3.67. The van der Waals surface area contributed by atoms with Crippen LogP contribution in [0.3, 0.4) is 0 Å². The number of benzene rings is 6. The minimum absolute atomic E-state index is 0.0723. The number of hydrogen-bond acceptors (Lipinski definition) is 3. The molecule has 0 amide bonds. The van der Waals surface area contributed by atoms with Gasteiger partial charge in [0.05, 0.1) is 22.5 Å². The Kier molecular flexibility index (Phi) is 4.94. The first-order chi connectivity index (χ1) is 23.3. The summed E-state index contributed by atoms with van der Waals surface area (Å²) in [5, 5.41) is 3.86. The average molecular weight is 603 g/mol. The minimum Gasteiger partial charge on any atom is -0.457 e. The summed E-state index contributed by atoms with van der Waals surface area (Å²) in [6.07, 6.45) is 4.52. The van der Waals surface area contributed by atoms with Gasteiger partial charge in [0, 0.05) is 16.7 Å². The first-order valence-corrected chi connectivity index (χ1v) is 16.6. The Labute approximate surface area is 274 Å². The maximum Gasteiger partial charge on any atom is 0.132 e. The van der Waals surface area contributed by atoms with Gasteiger partial charge in [0.1, 0.15) is 17.7 Å². The van der Waals surface area contributed by atoms with Crippen molar-refractivity contribution in [2.75, 3.05) is 10.2 Å². The minimum atomic E-state index is -0.431. The quantitative estimate of drug-likeness (QED) is 0.202. The Morgan fingerprint density at radius 1 is 0.574 bits per heavy atom. The predicted octanol–water partition coefficient (Wildman–Crippen LogP) is 10.7. The predicted molar refractivity (Wildman–Crippen MR) is 190 cm³/mol. The Hall–Kier alpha value is -5.80. The summed E-state index contributed by atoms with van der Waals surface area (Å²) in [7, 11) is 0. The highest BCUT2D eigenvalue weighted by atomic mass is 16.5. The second kappa shape index (κ2) is 9.14. The van der Waals surface area contributed by atoms with E-state index < -0.39 is 5.41 Å². The lowest BCUT2D eigenvalue weighted by atomic mass is 9.66. The van der Waals surface area contributed by atoms with E-state index in [1.807, 2.05) is 0 Å². The standard InChI is InChI=1S/C44H30N2O/c1-4-14-34-30(11-1)31-12-2-5-15-35(31)44(34)36-16-6-10-20-41(36)47-42-26-28(22-24-37(42)44)27-21-23-29-32-13-3-8-18-39(32)46-40-19-9-7-17-38(40)45-43(46)33(29)25-27/h1-20,22,24-26,43,45H,21,23H2. The fraction of sp³-hybridized carbons (Fsp3) is 0.0909. The third-order valence-electron chi connectivity index (χ3n) is 11.0. The van der Waals surface area contributed by atoms with E-state index in [1.165, 1.54) is 78.3 Å². The molecule has 1 atom stereocenters. The van der Waals surface area contributed by atoms with E-state index in [2.05, 4.69) is 156 Å². The lowest BCUT2D eigenvalue weighted by molar-refractivity contribution is 0.436. The van der Waals surface area contributed by atoms with Gasteiger partial charge in [-0.15, -0.1) is 0 Å². The van der Waals surface area contributed by atoms with Crippen LogP contribution in [0, 0.1) is 0 Å². The number of nitrogens with one attached hydrogen (secondary N) is 1. The molecule has 3 heteroatoms. The number of anilines is 3. The number of para-hydroxylation sites is 4. The van der Waals surface area contributed by atoms with E-state index in [9.17, 15) is 0 Å². The molecule has 47 heavy (non-hydrogen) atoms. The van der Waals surface area contributed by atoms with Crippen molar-refractivity contribution in [3.05, 3.63) is 185 Å². The van der Waals surface area contributed by atoms with Crippen LogP contribution in [0.1, 0.15) is 46.2 Å². The molecule has 6 aromatic carbocycles. The van der Waals surface area contributed by atoms with Gasteiger partial charge >= 0.3 is 0 Å². The zero-order valence-electron chi connectivity index (χ0n) is 25.7. The largest absolute Gasteiger partial charge is 0.457 e. The van der Waals surface area contributed by atoms with Crippen LogP contribution in [0.15, 0.2) is 151 Å². The van der Waals surface area contributed by atoms with Gasteiger partial charge in [-0.2, -0.15) is 0 Å². The number of allylic oxidation sites excluding steroid dienone is 2. The maximum atomic E-state index is 6.83. The molecule has 222 valence electrons. The fourth-order valence-corrected chi connectivity index (χ4v) is 9.15. The molecule has 1 spiro atoms. The zero-order valence-corrected chi connectivity index (χ0v) is 25.7. The molecule has 3 aliphatic heterocycles. The van der Waals surface area contributed by atoms with Crippen molar-refractivity contribution < 1.29 is 4.74 Å². The van der Waals surface area contributed by atoms with Crippen LogP contribution in [0.5, 0.6) is 11.5 Å². The van der Waals surface area contributed by atoms with Gasteiger partial charge in [0.25, 0.3) is 0 Å². The molecule has 1 N–H and O–H groups in total. The Morgan fingerprint density at radius 3 is 2.02 bits per heavy atom. The van der Waals surface area contributed by atoms with Gasteiger partial charge in [0.15, 0.2) is 0 Å². The molecule has 0 saturated carbocycles. The van der Waals surface area contributed by atoms with Crippen molar-refractivity contribution in [2.24, 2.45) is 0 Å². The number of fused-ring (bicyclic) bond motifs is 16. The lowest BCUT2D eigenvalue weighted by Crippen LogP contribution is -2.37. The van der Waals surface area contributed by atoms with Crippen LogP contribution in [0.25, 0.3) is 22.3 Å². The van der Waals surface area contributed by atoms with Crippen molar-refractivity contribution in [1.82, 2.24) is 0 Å². The third-order valence-corrected chi connectivity index (χ3v) is 11.0. The molecule has 3 nitrogen and oxygen atoms in total. The SMILES string of the molecule is C1=C(c2ccc3c(c2)Oc2ccccc2C32c3ccccc3-c3ccccc32)CCC2=C1C1Nc3ccccc3N1c1ccccc12. The molecule has 11 rings (SSSR count). The van der Waals surface area contributed by atoms with E-state index in [1.54, 1.807) is 0 Å². The second-order valence-corrected chi connectivity index (χ2v) is 13.2. The van der Waals surface area contributed by atoms with Crippen molar-refractivity contribution in [3.63, 3.8) is 0 Å². The third kappa shape index (κ3) is 3.21. The summed E-state index contributed by atoms with van der Waals surface area (Å²) in [6.45, 7) is 0. The summed E-state index contributed by atoms with van der Waals surface area (Å²) in [5.74, 6) is 1.87. The van der Waals surface area contributed by atoms with Crippen LogP contribution >= 0.6 is 0 Å². The van der Waals surface area contributed by atoms with Crippen molar-refractivity contribution in [1.29, 1.82) is 0 Å². The highest BCUT2D eigenvalue weighted by molar-refractivity contribution is 5.97. The molecule has 5 aliphatic rings. The van der Waals surface area contributed by atoms with Gasteiger partial charge in [-0.1, -0.05) is 115 Å². The number of nitrogens with zero attached hydrogens (tertiary/aromatic N) is 1. The number of hydrogen-bond donors (Lipinski definition) is 1. The summed E-state index contributed by atoms with van der Waals surface area (Å²) < 4.78 is 6.83. The van der Waals surface area contributed by atoms with Crippen LogP contribution in [0.4, 0.5) is 17.1 Å². The molecule has 0 aromatic heterocycles. The van der Waals surface area contributed by atoms with Crippen LogP contribution in [-0.2, 0) is 5.41 Å². The molecule has 6 aromatic rings. The molecule has 1 unspecified atom stereocenters. The number of rotatable bonds is 1. The molecular weight excluding hydrogens is 572 g/mol.